The van der Waals surface area contributed by atoms with E-state index in [9.17, 15) is 4.79 Å². The zero-order valence-electron chi connectivity index (χ0n) is 8.64. The van der Waals surface area contributed by atoms with Crippen LogP contribution in [0.4, 0.5) is 0 Å². The normalized spacial score (nSPS) is 10.6. The molecular weight excluding hydrogens is 280 g/mol. The van der Waals surface area contributed by atoms with E-state index in [0.717, 1.165) is 26.2 Å². The zero-order valence-corrected chi connectivity index (χ0v) is 11.0. The number of rotatable bonds is 5. The molecule has 2 aromatic heterocycles. The summed E-state index contributed by atoms with van der Waals surface area (Å²) in [5.74, 6) is -0.980. The maximum atomic E-state index is 10.6. The number of hydrogen-bond donors (Lipinski definition) is 2. The summed E-state index contributed by atoms with van der Waals surface area (Å²) in [6, 6.07) is 3.82. The van der Waals surface area contributed by atoms with E-state index in [1.165, 1.54) is 11.3 Å². The van der Waals surface area contributed by atoms with Gasteiger partial charge in [0.05, 0.1) is 10.0 Å². The van der Waals surface area contributed by atoms with E-state index in [1.807, 2.05) is 12.1 Å². The highest BCUT2D eigenvalue weighted by molar-refractivity contribution is 7.16. The molecule has 7 heteroatoms. The molecule has 0 spiro atoms. The molecule has 2 heterocycles. The Morgan fingerprint density at radius 1 is 1.47 bits per heavy atom. The van der Waals surface area contributed by atoms with Crippen LogP contribution in [0, 0.1) is 0 Å². The highest BCUT2D eigenvalue weighted by Crippen LogP contribution is 2.21. The van der Waals surface area contributed by atoms with Gasteiger partial charge in [0.2, 0.25) is 5.01 Å². The van der Waals surface area contributed by atoms with Crippen LogP contribution in [0.15, 0.2) is 17.5 Å². The maximum Gasteiger partial charge on any atom is 0.365 e. The second-order valence-electron chi connectivity index (χ2n) is 3.26. The second kappa shape index (κ2) is 5.59. The molecule has 0 unspecified atom stereocenters. The lowest BCUT2D eigenvalue weighted by atomic mass is 10.4. The first kappa shape index (κ1) is 12.5. The Morgan fingerprint density at radius 2 is 2.29 bits per heavy atom. The van der Waals surface area contributed by atoms with Crippen molar-refractivity contribution in [2.45, 2.75) is 13.1 Å². The highest BCUT2D eigenvalue weighted by atomic mass is 35.5. The number of aromatic nitrogens is 1. The van der Waals surface area contributed by atoms with Crippen LogP contribution in [0.1, 0.15) is 20.4 Å². The highest BCUT2D eigenvalue weighted by Gasteiger charge is 2.08. The van der Waals surface area contributed by atoms with Gasteiger partial charge < -0.3 is 10.4 Å². The summed E-state index contributed by atoms with van der Waals surface area (Å²) in [5, 5.41) is 13.8. The Bertz CT molecular complexity index is 524. The average molecular weight is 289 g/mol. The SMILES string of the molecule is O=C(O)c1nc(CNCc2ccc(Cl)s2)cs1. The van der Waals surface area contributed by atoms with Crippen molar-refractivity contribution in [3.8, 4) is 0 Å². The number of thiazole rings is 1. The monoisotopic (exact) mass is 288 g/mol. The molecule has 0 radical (unpaired) electrons. The number of carboxylic acids is 1. The van der Waals surface area contributed by atoms with E-state index < -0.39 is 5.97 Å². The lowest BCUT2D eigenvalue weighted by molar-refractivity contribution is 0.0696. The quantitative estimate of drug-likeness (QED) is 0.888. The molecule has 2 aromatic rings. The van der Waals surface area contributed by atoms with Crippen molar-refractivity contribution in [1.29, 1.82) is 0 Å². The Kier molecular flexibility index (Phi) is 4.11. The van der Waals surface area contributed by atoms with Gasteiger partial charge in [-0.2, -0.15) is 0 Å². The molecule has 4 nitrogen and oxygen atoms in total. The minimum atomic E-state index is -0.980. The van der Waals surface area contributed by atoms with Crippen LogP contribution in [0.25, 0.3) is 0 Å². The number of nitrogens with zero attached hydrogens (tertiary/aromatic N) is 1. The van der Waals surface area contributed by atoms with Crippen molar-refractivity contribution in [3.63, 3.8) is 0 Å². The first-order chi connectivity index (χ1) is 8.15. The van der Waals surface area contributed by atoms with E-state index >= 15 is 0 Å². The molecule has 0 fully saturated rings. The van der Waals surface area contributed by atoms with Crippen LogP contribution < -0.4 is 5.32 Å². The van der Waals surface area contributed by atoms with Gasteiger partial charge in [0, 0.05) is 23.3 Å². The van der Waals surface area contributed by atoms with Gasteiger partial charge in [0.1, 0.15) is 0 Å². The van der Waals surface area contributed by atoms with E-state index in [4.69, 9.17) is 16.7 Å². The maximum absolute atomic E-state index is 10.6. The molecule has 0 amide bonds. The summed E-state index contributed by atoms with van der Waals surface area (Å²) >= 11 is 8.47. The van der Waals surface area contributed by atoms with Crippen LogP contribution in [0.2, 0.25) is 4.34 Å². The number of hydrogen-bond acceptors (Lipinski definition) is 5. The summed E-state index contributed by atoms with van der Waals surface area (Å²) in [6.07, 6.45) is 0. The van der Waals surface area contributed by atoms with Crippen molar-refractivity contribution in [3.05, 3.63) is 37.4 Å². The fraction of sp³-hybridized carbons (Fsp3) is 0.200. The molecule has 17 heavy (non-hydrogen) atoms. The van der Waals surface area contributed by atoms with Crippen molar-refractivity contribution in [1.82, 2.24) is 10.3 Å². The van der Waals surface area contributed by atoms with Crippen LogP contribution >= 0.6 is 34.3 Å². The standard InChI is InChI=1S/C10H9ClN2O2S2/c11-8-2-1-7(17-8)4-12-3-6-5-16-9(13-6)10(14)15/h1-2,5,12H,3-4H2,(H,14,15). The van der Waals surface area contributed by atoms with Gasteiger partial charge in [-0.1, -0.05) is 11.6 Å². The van der Waals surface area contributed by atoms with Crippen molar-refractivity contribution >= 4 is 40.2 Å². The lowest BCUT2D eigenvalue weighted by Gasteiger charge is -1.99. The molecule has 0 aliphatic heterocycles. The minimum Gasteiger partial charge on any atom is -0.476 e. The van der Waals surface area contributed by atoms with Gasteiger partial charge in [-0.15, -0.1) is 22.7 Å². The number of halogens is 1. The summed E-state index contributed by atoms with van der Waals surface area (Å²) in [6.45, 7) is 1.26. The molecule has 0 aliphatic rings. The molecule has 0 bridgehead atoms. The van der Waals surface area contributed by atoms with Crippen molar-refractivity contribution < 1.29 is 9.90 Å². The Balaban J connectivity index is 1.83. The summed E-state index contributed by atoms with van der Waals surface area (Å²) in [5.41, 5.74) is 0.745. The van der Waals surface area contributed by atoms with Crippen LogP contribution in [-0.2, 0) is 13.1 Å². The second-order valence-corrected chi connectivity index (χ2v) is 5.92. The molecule has 90 valence electrons. The summed E-state index contributed by atoms with van der Waals surface area (Å²) < 4.78 is 0.767. The largest absolute Gasteiger partial charge is 0.476 e. The van der Waals surface area contributed by atoms with E-state index in [1.54, 1.807) is 5.38 Å². The van der Waals surface area contributed by atoms with Gasteiger partial charge in [0.15, 0.2) is 0 Å². The first-order valence-corrected chi connectivity index (χ1v) is 6.85. The topological polar surface area (TPSA) is 62.2 Å². The molecule has 0 saturated heterocycles. The van der Waals surface area contributed by atoms with E-state index in [0.29, 0.717) is 13.1 Å². The minimum absolute atomic E-state index is 0.126. The number of thiophene rings is 1. The fourth-order valence-corrected chi connectivity index (χ4v) is 2.96. The molecule has 0 aliphatic carbocycles. The third-order valence-corrected chi connectivity index (χ3v) is 4.08. The lowest BCUT2D eigenvalue weighted by Crippen LogP contribution is -2.12. The van der Waals surface area contributed by atoms with E-state index in [-0.39, 0.29) is 5.01 Å². The van der Waals surface area contributed by atoms with Crippen LogP contribution in [-0.4, -0.2) is 16.1 Å². The summed E-state index contributed by atoms with van der Waals surface area (Å²) in [4.78, 5) is 15.7. The molecular formula is C10H9ClN2O2S2. The first-order valence-electron chi connectivity index (χ1n) is 4.78. The predicted molar refractivity (Wildman–Crippen MR) is 68.9 cm³/mol. The molecule has 0 atom stereocenters. The van der Waals surface area contributed by atoms with E-state index in [2.05, 4.69) is 10.3 Å². The van der Waals surface area contributed by atoms with Crippen molar-refractivity contribution in [2.24, 2.45) is 0 Å². The van der Waals surface area contributed by atoms with Crippen LogP contribution in [0.5, 0.6) is 0 Å². The smallest absolute Gasteiger partial charge is 0.365 e. The Labute approximate surface area is 111 Å². The average Bonchev–Trinajstić information content (AvgIpc) is 2.88. The number of carbonyl (C=O) groups is 1. The van der Waals surface area contributed by atoms with Gasteiger partial charge >= 0.3 is 5.97 Å². The van der Waals surface area contributed by atoms with Gasteiger partial charge in [0.25, 0.3) is 0 Å². The predicted octanol–water partition coefficient (Wildman–Crippen LogP) is 2.85. The molecule has 2 rings (SSSR count). The van der Waals surface area contributed by atoms with Crippen molar-refractivity contribution in [2.75, 3.05) is 0 Å². The third-order valence-electron chi connectivity index (χ3n) is 1.97. The Morgan fingerprint density at radius 3 is 2.88 bits per heavy atom. The van der Waals surface area contributed by atoms with Gasteiger partial charge in [-0.05, 0) is 12.1 Å². The summed E-state index contributed by atoms with van der Waals surface area (Å²) in [7, 11) is 0. The molecule has 0 aromatic carbocycles. The number of aromatic carboxylic acids is 1. The zero-order chi connectivity index (χ0) is 12.3. The van der Waals surface area contributed by atoms with Gasteiger partial charge in [-0.3, -0.25) is 0 Å². The number of nitrogens with one attached hydrogen (secondary N) is 1. The van der Waals surface area contributed by atoms with Crippen LogP contribution in [0.3, 0.4) is 0 Å². The molecule has 0 saturated carbocycles. The number of carboxylic acid groups (broad SMARTS) is 1. The Hall–Kier alpha value is -0.950. The van der Waals surface area contributed by atoms with Gasteiger partial charge in [-0.25, -0.2) is 9.78 Å². The fourth-order valence-electron chi connectivity index (χ4n) is 1.25. The molecule has 2 N–H and O–H groups in total. The third kappa shape index (κ3) is 3.50.